The molecule has 2 fully saturated rings. The average molecular weight is 269 g/mol. The van der Waals surface area contributed by atoms with Gasteiger partial charge in [-0.15, -0.1) is 0 Å². The van der Waals surface area contributed by atoms with Crippen LogP contribution >= 0.6 is 0 Å². The third kappa shape index (κ3) is 3.47. The Labute approximate surface area is 113 Å². The second-order valence-corrected chi connectivity index (χ2v) is 5.90. The van der Waals surface area contributed by atoms with Gasteiger partial charge in [0.05, 0.1) is 18.1 Å². The lowest BCUT2D eigenvalue weighted by molar-refractivity contribution is -0.151. The van der Waals surface area contributed by atoms with E-state index in [0.717, 1.165) is 12.8 Å². The summed E-state index contributed by atoms with van der Waals surface area (Å²) in [6.07, 6.45) is 2.98. The minimum Gasteiger partial charge on any atom is -0.481 e. The zero-order valence-corrected chi connectivity index (χ0v) is 11.7. The van der Waals surface area contributed by atoms with E-state index >= 15 is 0 Å². The number of amides is 1. The fraction of sp³-hybridized carbons (Fsp3) is 0.857. The summed E-state index contributed by atoms with van der Waals surface area (Å²) in [5.74, 6) is -1.11. The molecule has 0 bridgehead atoms. The van der Waals surface area contributed by atoms with Gasteiger partial charge in [0.25, 0.3) is 0 Å². The Kier molecular flexibility index (Phi) is 4.45. The van der Waals surface area contributed by atoms with Gasteiger partial charge in [-0.25, -0.2) is 0 Å². The standard InChI is InChI=1S/C14H23NO4/c1-9-7-15(8-10(2)19-9)13(16)11-4-3-5-12(6-11)14(17)18/h9-12H,3-8H2,1-2H3,(H,17,18)/t9-,10-,11-,12+/m1/s1. The van der Waals surface area contributed by atoms with E-state index in [9.17, 15) is 9.59 Å². The number of carboxylic acids is 1. The van der Waals surface area contributed by atoms with Gasteiger partial charge in [-0.05, 0) is 33.1 Å². The third-order valence-corrected chi connectivity index (χ3v) is 4.10. The zero-order chi connectivity index (χ0) is 14.0. The molecule has 1 saturated carbocycles. The number of rotatable bonds is 2. The number of morpholine rings is 1. The molecule has 2 aliphatic rings. The van der Waals surface area contributed by atoms with Gasteiger partial charge in [0.2, 0.25) is 5.91 Å². The van der Waals surface area contributed by atoms with Crippen molar-refractivity contribution < 1.29 is 19.4 Å². The molecular weight excluding hydrogens is 246 g/mol. The first-order valence-corrected chi connectivity index (χ1v) is 7.14. The zero-order valence-electron chi connectivity index (χ0n) is 11.7. The van der Waals surface area contributed by atoms with Crippen molar-refractivity contribution in [1.29, 1.82) is 0 Å². The summed E-state index contributed by atoms with van der Waals surface area (Å²) < 4.78 is 5.63. The highest BCUT2D eigenvalue weighted by Crippen LogP contribution is 2.31. The lowest BCUT2D eigenvalue weighted by atomic mass is 9.80. The Morgan fingerprint density at radius 2 is 1.68 bits per heavy atom. The molecule has 0 aromatic carbocycles. The molecule has 1 saturated heterocycles. The maximum absolute atomic E-state index is 12.5. The van der Waals surface area contributed by atoms with Crippen molar-refractivity contribution in [2.45, 2.75) is 51.7 Å². The van der Waals surface area contributed by atoms with E-state index in [4.69, 9.17) is 9.84 Å². The number of carbonyl (C=O) groups excluding carboxylic acids is 1. The van der Waals surface area contributed by atoms with Crippen molar-refractivity contribution in [2.75, 3.05) is 13.1 Å². The summed E-state index contributed by atoms with van der Waals surface area (Å²) in [4.78, 5) is 25.4. The molecule has 0 aromatic rings. The minimum atomic E-state index is -0.763. The van der Waals surface area contributed by atoms with E-state index in [1.165, 1.54) is 0 Å². The van der Waals surface area contributed by atoms with Crippen molar-refractivity contribution >= 4 is 11.9 Å². The third-order valence-electron chi connectivity index (χ3n) is 4.10. The largest absolute Gasteiger partial charge is 0.481 e. The lowest BCUT2D eigenvalue weighted by Crippen LogP contribution is -2.50. The van der Waals surface area contributed by atoms with Crippen LogP contribution in [0.25, 0.3) is 0 Å². The van der Waals surface area contributed by atoms with E-state index in [-0.39, 0.29) is 30.0 Å². The van der Waals surface area contributed by atoms with Gasteiger partial charge in [0.1, 0.15) is 0 Å². The summed E-state index contributed by atoms with van der Waals surface area (Å²) in [6, 6.07) is 0. The van der Waals surface area contributed by atoms with Crippen LogP contribution in [0, 0.1) is 11.8 Å². The number of hydrogen-bond donors (Lipinski definition) is 1. The molecule has 1 aliphatic heterocycles. The van der Waals surface area contributed by atoms with E-state index < -0.39 is 5.97 Å². The van der Waals surface area contributed by atoms with Crippen molar-refractivity contribution in [3.05, 3.63) is 0 Å². The highest BCUT2D eigenvalue weighted by molar-refractivity contribution is 5.80. The summed E-state index contributed by atoms with van der Waals surface area (Å²) in [6.45, 7) is 5.18. The van der Waals surface area contributed by atoms with E-state index in [1.54, 1.807) is 0 Å². The van der Waals surface area contributed by atoms with Crippen LogP contribution in [-0.4, -0.2) is 47.2 Å². The van der Waals surface area contributed by atoms with Crippen molar-refractivity contribution in [3.63, 3.8) is 0 Å². The van der Waals surface area contributed by atoms with Crippen molar-refractivity contribution in [3.8, 4) is 0 Å². The van der Waals surface area contributed by atoms with Crippen LogP contribution in [0.3, 0.4) is 0 Å². The monoisotopic (exact) mass is 269 g/mol. The van der Waals surface area contributed by atoms with Crippen LogP contribution < -0.4 is 0 Å². The van der Waals surface area contributed by atoms with Crippen LogP contribution in [-0.2, 0) is 14.3 Å². The number of carboxylic acid groups (broad SMARTS) is 1. The highest BCUT2D eigenvalue weighted by atomic mass is 16.5. The van der Waals surface area contributed by atoms with Gasteiger partial charge in [-0.2, -0.15) is 0 Å². The SMILES string of the molecule is C[C@@H]1CN(C(=O)[C@@H]2CCC[C@H](C(=O)O)C2)C[C@@H](C)O1. The number of carbonyl (C=O) groups is 2. The van der Waals surface area contributed by atoms with Crippen LogP contribution in [0.15, 0.2) is 0 Å². The van der Waals surface area contributed by atoms with Gasteiger partial charge >= 0.3 is 5.97 Å². The van der Waals surface area contributed by atoms with Crippen LogP contribution in [0.4, 0.5) is 0 Å². The highest BCUT2D eigenvalue weighted by Gasteiger charge is 2.35. The first kappa shape index (κ1) is 14.3. The fourth-order valence-corrected chi connectivity index (χ4v) is 3.25. The Hall–Kier alpha value is -1.10. The molecular formula is C14H23NO4. The molecule has 1 amide bonds. The van der Waals surface area contributed by atoms with Crippen molar-refractivity contribution in [1.82, 2.24) is 4.90 Å². The molecule has 2 rings (SSSR count). The normalized spacial score (nSPS) is 36.0. The number of nitrogens with zero attached hydrogens (tertiary/aromatic N) is 1. The molecule has 0 aromatic heterocycles. The van der Waals surface area contributed by atoms with Crippen LogP contribution in [0.2, 0.25) is 0 Å². The molecule has 0 spiro atoms. The molecule has 5 heteroatoms. The molecule has 0 unspecified atom stereocenters. The first-order chi connectivity index (χ1) is 8.97. The summed E-state index contributed by atoms with van der Waals surface area (Å²) in [7, 11) is 0. The second-order valence-electron chi connectivity index (χ2n) is 5.90. The fourth-order valence-electron chi connectivity index (χ4n) is 3.25. The van der Waals surface area contributed by atoms with Crippen LogP contribution in [0.1, 0.15) is 39.5 Å². The van der Waals surface area contributed by atoms with E-state index in [1.807, 2.05) is 18.7 Å². The van der Waals surface area contributed by atoms with Gasteiger partial charge in [-0.1, -0.05) is 6.42 Å². The number of ether oxygens (including phenoxy) is 1. The maximum atomic E-state index is 12.5. The second kappa shape index (κ2) is 5.90. The quantitative estimate of drug-likeness (QED) is 0.825. The molecule has 108 valence electrons. The van der Waals surface area contributed by atoms with E-state index in [2.05, 4.69) is 0 Å². The molecule has 1 heterocycles. The lowest BCUT2D eigenvalue weighted by Gasteiger charge is -2.38. The molecule has 4 atom stereocenters. The van der Waals surface area contributed by atoms with Crippen LogP contribution in [0.5, 0.6) is 0 Å². The summed E-state index contributed by atoms with van der Waals surface area (Å²) in [5.41, 5.74) is 0. The molecule has 0 radical (unpaired) electrons. The average Bonchev–Trinajstić information content (AvgIpc) is 2.37. The van der Waals surface area contributed by atoms with E-state index in [0.29, 0.717) is 25.9 Å². The summed E-state index contributed by atoms with van der Waals surface area (Å²) >= 11 is 0. The van der Waals surface area contributed by atoms with Gasteiger partial charge < -0.3 is 14.7 Å². The van der Waals surface area contributed by atoms with Gasteiger partial charge in [-0.3, -0.25) is 9.59 Å². The number of aliphatic carboxylic acids is 1. The summed E-state index contributed by atoms with van der Waals surface area (Å²) in [5, 5.41) is 9.09. The predicted octanol–water partition coefficient (Wildman–Crippen LogP) is 1.51. The Balaban J connectivity index is 1.96. The Morgan fingerprint density at radius 3 is 2.26 bits per heavy atom. The Morgan fingerprint density at radius 1 is 1.11 bits per heavy atom. The Bertz CT molecular complexity index is 347. The van der Waals surface area contributed by atoms with Gasteiger partial charge in [0, 0.05) is 19.0 Å². The predicted molar refractivity (Wildman–Crippen MR) is 69.7 cm³/mol. The number of hydrogen-bond acceptors (Lipinski definition) is 3. The minimum absolute atomic E-state index is 0.0616. The van der Waals surface area contributed by atoms with Crippen molar-refractivity contribution in [2.24, 2.45) is 11.8 Å². The topological polar surface area (TPSA) is 66.8 Å². The smallest absolute Gasteiger partial charge is 0.306 e. The molecule has 1 aliphatic carbocycles. The molecule has 5 nitrogen and oxygen atoms in total. The first-order valence-electron chi connectivity index (χ1n) is 7.14. The molecule has 1 N–H and O–H groups in total. The molecule has 19 heavy (non-hydrogen) atoms. The maximum Gasteiger partial charge on any atom is 0.306 e. The van der Waals surface area contributed by atoms with Gasteiger partial charge in [0.15, 0.2) is 0 Å².